The summed E-state index contributed by atoms with van der Waals surface area (Å²) in [7, 11) is 0. The Morgan fingerprint density at radius 3 is 2.47 bits per heavy atom. The van der Waals surface area contributed by atoms with Crippen LogP contribution in [0.1, 0.15) is 25.3 Å². The SMILES string of the molecule is C=C(C(=O)/C=C\C)C(C)c1ccccc1. The molecule has 0 spiro atoms. The van der Waals surface area contributed by atoms with Crippen LogP contribution in [0, 0.1) is 0 Å². The van der Waals surface area contributed by atoms with Crippen molar-refractivity contribution in [3.05, 3.63) is 60.2 Å². The van der Waals surface area contributed by atoms with Crippen molar-refractivity contribution in [2.45, 2.75) is 19.8 Å². The summed E-state index contributed by atoms with van der Waals surface area (Å²) in [5.41, 5.74) is 1.76. The highest BCUT2D eigenvalue weighted by molar-refractivity contribution is 6.04. The zero-order valence-electron chi connectivity index (χ0n) is 9.23. The minimum Gasteiger partial charge on any atom is -0.290 e. The van der Waals surface area contributed by atoms with Gasteiger partial charge in [-0.15, -0.1) is 0 Å². The van der Waals surface area contributed by atoms with Crippen molar-refractivity contribution < 1.29 is 4.79 Å². The highest BCUT2D eigenvalue weighted by Gasteiger charge is 2.13. The molecule has 1 atom stereocenters. The molecule has 0 N–H and O–H groups in total. The molecule has 0 aliphatic heterocycles. The summed E-state index contributed by atoms with van der Waals surface area (Å²) in [5.74, 6) is 0.0868. The number of benzene rings is 1. The average Bonchev–Trinajstić information content (AvgIpc) is 2.28. The fourth-order valence-electron chi connectivity index (χ4n) is 1.41. The number of carbonyl (C=O) groups excluding carboxylic acids is 1. The van der Waals surface area contributed by atoms with Gasteiger partial charge in [-0.05, 0) is 24.1 Å². The van der Waals surface area contributed by atoms with E-state index in [1.54, 1.807) is 12.2 Å². The smallest absolute Gasteiger partial charge is 0.181 e. The molecular weight excluding hydrogens is 184 g/mol. The normalized spacial score (nSPS) is 12.7. The van der Waals surface area contributed by atoms with Crippen molar-refractivity contribution in [3.8, 4) is 0 Å². The third-order valence-corrected chi connectivity index (χ3v) is 2.46. The Bertz CT molecular complexity index is 374. The molecule has 0 aromatic heterocycles. The predicted octanol–water partition coefficient (Wildman–Crippen LogP) is 3.49. The minimum absolute atomic E-state index is 0.00820. The summed E-state index contributed by atoms with van der Waals surface area (Å²) in [5, 5.41) is 0. The van der Waals surface area contributed by atoms with Gasteiger partial charge in [-0.1, -0.05) is 49.9 Å². The van der Waals surface area contributed by atoms with E-state index in [1.807, 2.05) is 44.2 Å². The van der Waals surface area contributed by atoms with Crippen LogP contribution in [-0.2, 0) is 4.79 Å². The molecule has 0 radical (unpaired) electrons. The summed E-state index contributed by atoms with van der Waals surface area (Å²) in [6.07, 6.45) is 3.30. The van der Waals surface area contributed by atoms with Crippen molar-refractivity contribution in [2.75, 3.05) is 0 Å². The van der Waals surface area contributed by atoms with Crippen molar-refractivity contribution in [1.29, 1.82) is 0 Å². The number of allylic oxidation sites excluding steroid dienone is 3. The quantitative estimate of drug-likeness (QED) is 0.680. The molecule has 1 unspecified atom stereocenters. The molecule has 0 aliphatic rings. The lowest BCUT2D eigenvalue weighted by molar-refractivity contribution is -0.111. The van der Waals surface area contributed by atoms with Crippen LogP contribution >= 0.6 is 0 Å². The minimum atomic E-state index is 0.00820. The fraction of sp³-hybridized carbons (Fsp3) is 0.214. The first-order chi connectivity index (χ1) is 7.16. The molecule has 0 bridgehead atoms. The predicted molar refractivity (Wildman–Crippen MR) is 63.8 cm³/mol. The van der Waals surface area contributed by atoms with Crippen LogP contribution in [0.2, 0.25) is 0 Å². The fourth-order valence-corrected chi connectivity index (χ4v) is 1.41. The van der Waals surface area contributed by atoms with Gasteiger partial charge < -0.3 is 0 Å². The summed E-state index contributed by atoms with van der Waals surface area (Å²) < 4.78 is 0. The van der Waals surface area contributed by atoms with Crippen LogP contribution in [0.4, 0.5) is 0 Å². The van der Waals surface area contributed by atoms with Crippen LogP contribution < -0.4 is 0 Å². The number of rotatable bonds is 4. The van der Waals surface area contributed by atoms with Gasteiger partial charge in [0.1, 0.15) is 0 Å². The van der Waals surface area contributed by atoms with Gasteiger partial charge in [-0.3, -0.25) is 4.79 Å². The van der Waals surface area contributed by atoms with Gasteiger partial charge in [0.2, 0.25) is 0 Å². The van der Waals surface area contributed by atoms with Gasteiger partial charge in [0.05, 0.1) is 0 Å². The van der Waals surface area contributed by atoms with Crippen molar-refractivity contribution in [1.82, 2.24) is 0 Å². The van der Waals surface area contributed by atoms with Gasteiger partial charge in [0, 0.05) is 5.92 Å². The number of carbonyl (C=O) groups is 1. The lowest BCUT2D eigenvalue weighted by Gasteiger charge is -2.12. The Morgan fingerprint density at radius 2 is 1.93 bits per heavy atom. The Hall–Kier alpha value is -1.63. The lowest BCUT2D eigenvalue weighted by atomic mass is 9.91. The van der Waals surface area contributed by atoms with E-state index in [2.05, 4.69) is 6.58 Å². The monoisotopic (exact) mass is 200 g/mol. The second-order valence-corrected chi connectivity index (χ2v) is 3.52. The largest absolute Gasteiger partial charge is 0.290 e. The Morgan fingerprint density at radius 1 is 1.33 bits per heavy atom. The Labute approximate surface area is 91.1 Å². The number of hydrogen-bond donors (Lipinski definition) is 0. The second-order valence-electron chi connectivity index (χ2n) is 3.52. The van der Waals surface area contributed by atoms with Crippen molar-refractivity contribution in [3.63, 3.8) is 0 Å². The van der Waals surface area contributed by atoms with E-state index in [1.165, 1.54) is 0 Å². The standard InChI is InChI=1S/C14H16O/c1-4-8-14(15)12(3)11(2)13-9-6-5-7-10-13/h4-11H,3H2,1-2H3/b8-4-. The number of ketones is 1. The average molecular weight is 200 g/mol. The van der Waals surface area contributed by atoms with Crippen LogP contribution in [-0.4, -0.2) is 5.78 Å². The Balaban J connectivity index is 2.82. The first kappa shape index (κ1) is 11.4. The van der Waals surface area contributed by atoms with E-state index in [-0.39, 0.29) is 11.7 Å². The van der Waals surface area contributed by atoms with Crippen LogP contribution in [0.15, 0.2) is 54.6 Å². The lowest BCUT2D eigenvalue weighted by Crippen LogP contribution is -2.05. The molecule has 1 nitrogen and oxygen atoms in total. The maximum atomic E-state index is 11.6. The molecule has 0 heterocycles. The highest BCUT2D eigenvalue weighted by Crippen LogP contribution is 2.22. The van der Waals surface area contributed by atoms with E-state index >= 15 is 0 Å². The van der Waals surface area contributed by atoms with Crippen LogP contribution in [0.3, 0.4) is 0 Å². The summed E-state index contributed by atoms with van der Waals surface area (Å²) in [6, 6.07) is 9.93. The molecule has 0 saturated carbocycles. The molecule has 1 aromatic rings. The topological polar surface area (TPSA) is 17.1 Å². The van der Waals surface area contributed by atoms with E-state index in [9.17, 15) is 4.79 Å². The van der Waals surface area contributed by atoms with Crippen LogP contribution in [0.25, 0.3) is 0 Å². The van der Waals surface area contributed by atoms with E-state index in [0.29, 0.717) is 5.57 Å². The Kier molecular flexibility index (Phi) is 4.04. The summed E-state index contributed by atoms with van der Waals surface area (Å²) >= 11 is 0. The van der Waals surface area contributed by atoms with E-state index in [0.717, 1.165) is 5.56 Å². The maximum Gasteiger partial charge on any atom is 0.181 e. The number of hydrogen-bond acceptors (Lipinski definition) is 1. The summed E-state index contributed by atoms with van der Waals surface area (Å²) in [4.78, 5) is 11.6. The molecule has 0 amide bonds. The van der Waals surface area contributed by atoms with E-state index < -0.39 is 0 Å². The van der Waals surface area contributed by atoms with Crippen molar-refractivity contribution >= 4 is 5.78 Å². The second kappa shape index (κ2) is 5.30. The molecule has 1 rings (SSSR count). The van der Waals surface area contributed by atoms with Gasteiger partial charge in [-0.25, -0.2) is 0 Å². The summed E-state index contributed by atoms with van der Waals surface area (Å²) in [6.45, 7) is 7.68. The van der Waals surface area contributed by atoms with Crippen LogP contribution in [0.5, 0.6) is 0 Å². The maximum absolute atomic E-state index is 11.6. The van der Waals surface area contributed by atoms with Crippen molar-refractivity contribution in [2.24, 2.45) is 0 Å². The molecule has 0 fully saturated rings. The first-order valence-electron chi connectivity index (χ1n) is 5.07. The molecule has 1 aromatic carbocycles. The highest BCUT2D eigenvalue weighted by atomic mass is 16.1. The first-order valence-corrected chi connectivity index (χ1v) is 5.07. The zero-order chi connectivity index (χ0) is 11.3. The molecule has 0 aliphatic carbocycles. The van der Waals surface area contributed by atoms with Gasteiger partial charge in [0.15, 0.2) is 5.78 Å². The third-order valence-electron chi connectivity index (χ3n) is 2.46. The third kappa shape index (κ3) is 2.91. The molecule has 78 valence electrons. The molecular formula is C14H16O. The van der Waals surface area contributed by atoms with Gasteiger partial charge >= 0.3 is 0 Å². The molecule has 15 heavy (non-hydrogen) atoms. The molecule has 0 saturated heterocycles. The van der Waals surface area contributed by atoms with Gasteiger partial charge in [0.25, 0.3) is 0 Å². The van der Waals surface area contributed by atoms with Gasteiger partial charge in [-0.2, -0.15) is 0 Å². The van der Waals surface area contributed by atoms with E-state index in [4.69, 9.17) is 0 Å². The molecule has 1 heteroatoms. The zero-order valence-corrected chi connectivity index (χ0v) is 9.23.